The molecule has 0 spiro atoms. The van der Waals surface area contributed by atoms with Crippen molar-refractivity contribution in [2.75, 3.05) is 13.1 Å². The number of rotatable bonds is 5. The van der Waals surface area contributed by atoms with Crippen molar-refractivity contribution in [3.8, 4) is 0 Å². The van der Waals surface area contributed by atoms with Crippen LogP contribution in [0.2, 0.25) is 0 Å². The van der Waals surface area contributed by atoms with Crippen LogP contribution < -0.4 is 10.6 Å². The summed E-state index contributed by atoms with van der Waals surface area (Å²) in [6.45, 7) is 1.14. The third-order valence-electron chi connectivity index (χ3n) is 2.45. The second-order valence-electron chi connectivity index (χ2n) is 3.77. The fourth-order valence-corrected chi connectivity index (χ4v) is 1.33. The Morgan fingerprint density at radius 2 is 1.89 bits per heavy atom. The molecule has 0 bridgehead atoms. The molecule has 0 saturated carbocycles. The monoisotopic (exact) mass is 253 g/mol. The smallest absolute Gasteiger partial charge is 0.322 e. The van der Waals surface area contributed by atoms with Gasteiger partial charge in [0, 0.05) is 12.7 Å². The van der Waals surface area contributed by atoms with Gasteiger partial charge in [0.25, 0.3) is 5.91 Å². The van der Waals surface area contributed by atoms with E-state index in [1.165, 1.54) is 0 Å². The van der Waals surface area contributed by atoms with Gasteiger partial charge in [-0.05, 0) is 19.1 Å². The zero-order valence-electron chi connectivity index (χ0n) is 10.2. The lowest BCUT2D eigenvalue weighted by Crippen LogP contribution is -2.39. The fourth-order valence-electron chi connectivity index (χ4n) is 1.33. The quantitative estimate of drug-likeness (QED) is 0.643. The van der Waals surface area contributed by atoms with Crippen molar-refractivity contribution in [3.05, 3.63) is 23.5 Å². The molecule has 1 heterocycles. The lowest BCUT2D eigenvalue weighted by Gasteiger charge is -2.07. The van der Waals surface area contributed by atoms with Crippen LogP contribution in [-0.4, -0.2) is 40.5 Å². The van der Waals surface area contributed by atoms with Crippen molar-refractivity contribution in [1.82, 2.24) is 15.2 Å². The van der Waals surface area contributed by atoms with Gasteiger partial charge < -0.3 is 20.3 Å². The number of carboxylic acid groups (broad SMARTS) is 1. The lowest BCUT2D eigenvalue weighted by atomic mass is 10.4. The largest absolute Gasteiger partial charge is 0.480 e. The van der Waals surface area contributed by atoms with Crippen LogP contribution in [0.4, 0.5) is 0 Å². The molecule has 1 aromatic heterocycles. The molecular formula is C11H15N3O4. The van der Waals surface area contributed by atoms with E-state index < -0.39 is 18.4 Å². The van der Waals surface area contributed by atoms with E-state index in [-0.39, 0.29) is 12.5 Å². The van der Waals surface area contributed by atoms with Crippen LogP contribution in [0.15, 0.2) is 12.1 Å². The third-order valence-corrected chi connectivity index (χ3v) is 2.45. The molecule has 0 aliphatic rings. The summed E-state index contributed by atoms with van der Waals surface area (Å²) in [4.78, 5) is 33.1. The maximum atomic E-state index is 11.7. The predicted molar refractivity (Wildman–Crippen MR) is 63.1 cm³/mol. The minimum absolute atomic E-state index is 0.254. The first-order chi connectivity index (χ1) is 8.41. The van der Waals surface area contributed by atoms with Crippen LogP contribution in [-0.2, 0) is 16.6 Å². The minimum atomic E-state index is -1.13. The number of aryl methyl sites for hydroxylation is 1. The molecule has 7 nitrogen and oxygen atoms in total. The zero-order valence-corrected chi connectivity index (χ0v) is 10.2. The molecule has 0 saturated heterocycles. The van der Waals surface area contributed by atoms with Gasteiger partial charge in [0.1, 0.15) is 12.2 Å². The van der Waals surface area contributed by atoms with Crippen LogP contribution >= 0.6 is 0 Å². The van der Waals surface area contributed by atoms with Crippen LogP contribution in [0, 0.1) is 6.92 Å². The number of carbonyl (C=O) groups is 3. The normalized spacial score (nSPS) is 9.89. The summed E-state index contributed by atoms with van der Waals surface area (Å²) < 4.78 is 1.70. The summed E-state index contributed by atoms with van der Waals surface area (Å²) in [5.41, 5.74) is 1.37. The van der Waals surface area contributed by atoms with Gasteiger partial charge in [0.15, 0.2) is 0 Å². The number of carboxylic acids is 1. The SMILES string of the molecule is Cc1ccc(C(=O)NCC(=O)NCC(=O)O)n1C. The number of nitrogens with one attached hydrogen (secondary N) is 2. The Bertz CT molecular complexity index is 479. The highest BCUT2D eigenvalue weighted by atomic mass is 16.4. The third kappa shape index (κ3) is 3.62. The van der Waals surface area contributed by atoms with Crippen LogP contribution in [0.3, 0.4) is 0 Å². The molecule has 0 aliphatic heterocycles. The van der Waals surface area contributed by atoms with E-state index in [1.807, 2.05) is 6.92 Å². The van der Waals surface area contributed by atoms with E-state index in [0.29, 0.717) is 5.69 Å². The summed E-state index contributed by atoms with van der Waals surface area (Å²) in [5.74, 6) is -2.06. The van der Waals surface area contributed by atoms with Crippen molar-refractivity contribution in [3.63, 3.8) is 0 Å². The second kappa shape index (κ2) is 5.85. The number of hydrogen-bond donors (Lipinski definition) is 3. The summed E-state index contributed by atoms with van der Waals surface area (Å²) in [7, 11) is 1.74. The average molecular weight is 253 g/mol. The summed E-state index contributed by atoms with van der Waals surface area (Å²) >= 11 is 0. The predicted octanol–water partition coefficient (Wildman–Crippen LogP) is -0.736. The topological polar surface area (TPSA) is 100 Å². The van der Waals surface area contributed by atoms with Gasteiger partial charge in [-0.15, -0.1) is 0 Å². The Hall–Kier alpha value is -2.31. The molecule has 0 atom stereocenters. The molecule has 1 rings (SSSR count). The van der Waals surface area contributed by atoms with Crippen LogP contribution in [0.5, 0.6) is 0 Å². The maximum absolute atomic E-state index is 11.7. The van der Waals surface area contributed by atoms with E-state index in [1.54, 1.807) is 23.7 Å². The van der Waals surface area contributed by atoms with E-state index in [4.69, 9.17) is 5.11 Å². The van der Waals surface area contributed by atoms with Crippen molar-refractivity contribution in [1.29, 1.82) is 0 Å². The number of aromatic nitrogens is 1. The van der Waals surface area contributed by atoms with Gasteiger partial charge in [0.05, 0.1) is 6.54 Å². The first kappa shape index (κ1) is 13.8. The summed E-state index contributed by atoms with van der Waals surface area (Å²) in [5, 5.41) is 12.9. The lowest BCUT2D eigenvalue weighted by molar-refractivity contribution is -0.137. The van der Waals surface area contributed by atoms with Crippen molar-refractivity contribution < 1.29 is 19.5 Å². The van der Waals surface area contributed by atoms with Gasteiger partial charge in [0.2, 0.25) is 5.91 Å². The zero-order chi connectivity index (χ0) is 13.7. The minimum Gasteiger partial charge on any atom is -0.480 e. The molecule has 98 valence electrons. The van der Waals surface area contributed by atoms with Gasteiger partial charge >= 0.3 is 5.97 Å². The number of amides is 2. The van der Waals surface area contributed by atoms with Crippen molar-refractivity contribution in [2.24, 2.45) is 7.05 Å². The molecular weight excluding hydrogens is 238 g/mol. The molecule has 2 amide bonds. The highest BCUT2D eigenvalue weighted by Crippen LogP contribution is 2.04. The highest BCUT2D eigenvalue weighted by Gasteiger charge is 2.12. The number of carbonyl (C=O) groups excluding carboxylic acids is 2. The number of aliphatic carboxylic acids is 1. The van der Waals surface area contributed by atoms with Crippen molar-refractivity contribution >= 4 is 17.8 Å². The van der Waals surface area contributed by atoms with Crippen LogP contribution in [0.25, 0.3) is 0 Å². The van der Waals surface area contributed by atoms with Gasteiger partial charge in [-0.1, -0.05) is 0 Å². The molecule has 3 N–H and O–H groups in total. The molecule has 0 aromatic carbocycles. The molecule has 0 aliphatic carbocycles. The molecule has 1 aromatic rings. The van der Waals surface area contributed by atoms with Gasteiger partial charge in [-0.25, -0.2) is 0 Å². The van der Waals surface area contributed by atoms with Crippen molar-refractivity contribution in [2.45, 2.75) is 6.92 Å². The Balaban J connectivity index is 2.44. The van der Waals surface area contributed by atoms with Gasteiger partial charge in [-0.2, -0.15) is 0 Å². The Kier molecular flexibility index (Phi) is 4.47. The van der Waals surface area contributed by atoms with E-state index in [2.05, 4.69) is 10.6 Å². The second-order valence-corrected chi connectivity index (χ2v) is 3.77. The standard InChI is InChI=1S/C11H15N3O4/c1-7-3-4-8(14(7)2)11(18)13-5-9(15)12-6-10(16)17/h3-4H,5-6H2,1-2H3,(H,12,15)(H,13,18)(H,16,17). The summed E-state index contributed by atoms with van der Waals surface area (Å²) in [6, 6.07) is 3.44. The van der Waals surface area contributed by atoms with E-state index in [0.717, 1.165) is 5.69 Å². The maximum Gasteiger partial charge on any atom is 0.322 e. The molecule has 18 heavy (non-hydrogen) atoms. The Labute approximate surface area is 104 Å². The fraction of sp³-hybridized carbons (Fsp3) is 0.364. The highest BCUT2D eigenvalue weighted by molar-refractivity contribution is 5.95. The van der Waals surface area contributed by atoms with E-state index >= 15 is 0 Å². The number of nitrogens with zero attached hydrogens (tertiary/aromatic N) is 1. The van der Waals surface area contributed by atoms with E-state index in [9.17, 15) is 14.4 Å². The number of hydrogen-bond acceptors (Lipinski definition) is 3. The first-order valence-corrected chi connectivity index (χ1v) is 5.31. The molecule has 0 fully saturated rings. The van der Waals surface area contributed by atoms with Crippen LogP contribution in [0.1, 0.15) is 16.2 Å². The molecule has 0 radical (unpaired) electrons. The van der Waals surface area contributed by atoms with Gasteiger partial charge in [-0.3, -0.25) is 14.4 Å². The molecule has 7 heteroatoms. The Morgan fingerprint density at radius 1 is 1.22 bits per heavy atom. The summed E-state index contributed by atoms with van der Waals surface area (Å²) in [6.07, 6.45) is 0. The average Bonchev–Trinajstić information content (AvgIpc) is 2.64. The first-order valence-electron chi connectivity index (χ1n) is 5.31. The Morgan fingerprint density at radius 3 is 2.39 bits per heavy atom. The molecule has 0 unspecified atom stereocenters.